The Hall–Kier alpha value is -1.57. The molecular weight excluding hydrogens is 212 g/mol. The number of carbonyl (C=O) groups excluding carboxylic acids is 1. The van der Waals surface area contributed by atoms with Gasteiger partial charge in [0.25, 0.3) is 0 Å². The number of Topliss-reactive ketones (excluding diaryl/α,β-unsaturated/α-hetero) is 1. The average Bonchev–Trinajstić information content (AvgIpc) is 2.59. The largest absolute Gasteiger partial charge is 0.468 e. The van der Waals surface area contributed by atoms with Gasteiger partial charge in [-0.05, 0) is 19.4 Å². The molecule has 0 radical (unpaired) electrons. The van der Waals surface area contributed by atoms with E-state index in [-0.39, 0.29) is 17.1 Å². The summed E-state index contributed by atoms with van der Waals surface area (Å²) in [6, 6.07) is 0. The molecule has 0 saturated carbocycles. The molecule has 1 aliphatic carbocycles. The van der Waals surface area contributed by atoms with Crippen molar-refractivity contribution in [3.05, 3.63) is 48.0 Å². The van der Waals surface area contributed by atoms with Crippen molar-refractivity contribution in [1.29, 1.82) is 0 Å². The van der Waals surface area contributed by atoms with Crippen LogP contribution in [0.15, 0.2) is 35.5 Å². The van der Waals surface area contributed by atoms with Crippen molar-refractivity contribution < 1.29 is 9.21 Å². The number of allylic oxidation sites excluding steroid dienone is 2. The SMILES string of the molecule is C=C[C@@]1(C)Cc2occ(C)c2C(=O)[C@@H]1C(=C)C. The van der Waals surface area contributed by atoms with E-state index in [4.69, 9.17) is 4.42 Å². The molecule has 1 aliphatic rings. The molecular formula is C15H18O2. The van der Waals surface area contributed by atoms with Crippen molar-refractivity contribution in [2.75, 3.05) is 0 Å². The lowest BCUT2D eigenvalue weighted by Gasteiger charge is -2.37. The molecule has 2 rings (SSSR count). The highest BCUT2D eigenvalue weighted by Crippen LogP contribution is 2.45. The lowest BCUT2D eigenvalue weighted by Crippen LogP contribution is -2.39. The highest BCUT2D eigenvalue weighted by atomic mass is 16.3. The summed E-state index contributed by atoms with van der Waals surface area (Å²) in [7, 11) is 0. The second-order valence-electron chi connectivity index (χ2n) is 5.25. The second kappa shape index (κ2) is 3.73. The number of carbonyl (C=O) groups is 1. The van der Waals surface area contributed by atoms with Crippen LogP contribution in [0, 0.1) is 18.3 Å². The predicted molar refractivity (Wildman–Crippen MR) is 68.1 cm³/mol. The Bertz CT molecular complexity index is 507. The van der Waals surface area contributed by atoms with E-state index >= 15 is 0 Å². The average molecular weight is 230 g/mol. The summed E-state index contributed by atoms with van der Waals surface area (Å²) in [4.78, 5) is 12.5. The fraction of sp³-hybridized carbons (Fsp3) is 0.400. The van der Waals surface area contributed by atoms with E-state index in [1.807, 2.05) is 26.8 Å². The number of fused-ring (bicyclic) bond motifs is 1. The Labute approximate surface area is 102 Å². The van der Waals surface area contributed by atoms with E-state index < -0.39 is 0 Å². The van der Waals surface area contributed by atoms with Gasteiger partial charge < -0.3 is 4.42 Å². The van der Waals surface area contributed by atoms with Gasteiger partial charge >= 0.3 is 0 Å². The van der Waals surface area contributed by atoms with Gasteiger partial charge in [0, 0.05) is 11.8 Å². The van der Waals surface area contributed by atoms with E-state index in [1.54, 1.807) is 6.26 Å². The Kier molecular flexibility index (Phi) is 2.61. The van der Waals surface area contributed by atoms with Gasteiger partial charge in [0.1, 0.15) is 5.76 Å². The molecule has 0 fully saturated rings. The molecule has 0 aliphatic heterocycles. The van der Waals surface area contributed by atoms with Gasteiger partial charge in [0.2, 0.25) is 0 Å². The minimum Gasteiger partial charge on any atom is -0.468 e. The van der Waals surface area contributed by atoms with Crippen LogP contribution in [0.4, 0.5) is 0 Å². The summed E-state index contributed by atoms with van der Waals surface area (Å²) in [5, 5.41) is 0. The van der Waals surface area contributed by atoms with Gasteiger partial charge in [-0.3, -0.25) is 4.79 Å². The first-order valence-corrected chi connectivity index (χ1v) is 5.81. The lowest BCUT2D eigenvalue weighted by molar-refractivity contribution is 0.0833. The van der Waals surface area contributed by atoms with Crippen LogP contribution in [-0.2, 0) is 6.42 Å². The molecule has 90 valence electrons. The highest BCUT2D eigenvalue weighted by Gasteiger charge is 2.45. The molecule has 2 heteroatoms. The summed E-state index contributed by atoms with van der Waals surface area (Å²) in [6.45, 7) is 13.7. The molecule has 0 N–H and O–H groups in total. The third-order valence-corrected chi connectivity index (χ3v) is 3.72. The number of hydrogen-bond acceptors (Lipinski definition) is 2. The van der Waals surface area contributed by atoms with Crippen LogP contribution in [0.1, 0.15) is 35.5 Å². The van der Waals surface area contributed by atoms with Gasteiger partial charge in [0.05, 0.1) is 17.7 Å². The maximum atomic E-state index is 12.5. The van der Waals surface area contributed by atoms with Crippen molar-refractivity contribution in [3.63, 3.8) is 0 Å². The molecule has 0 amide bonds. The molecule has 0 saturated heterocycles. The zero-order chi connectivity index (χ0) is 12.8. The minimum absolute atomic E-state index is 0.118. The second-order valence-corrected chi connectivity index (χ2v) is 5.25. The first kappa shape index (κ1) is 11.9. The van der Waals surface area contributed by atoms with E-state index in [0.717, 1.165) is 22.5 Å². The number of aryl methyl sites for hydroxylation is 1. The third-order valence-electron chi connectivity index (χ3n) is 3.72. The standard InChI is InChI=1S/C15H18O2/c1-6-15(5)7-11-12(10(4)8-17-11)14(16)13(15)9(2)3/h6,8,13H,1-2,7H2,3-5H3/t13-,15-/m0/s1. The molecule has 1 aromatic rings. The number of hydrogen-bond donors (Lipinski definition) is 0. The maximum absolute atomic E-state index is 12.5. The zero-order valence-corrected chi connectivity index (χ0v) is 10.7. The Morgan fingerprint density at radius 2 is 2.29 bits per heavy atom. The van der Waals surface area contributed by atoms with E-state index in [1.165, 1.54) is 0 Å². The molecule has 2 atom stereocenters. The van der Waals surface area contributed by atoms with Crippen LogP contribution in [-0.4, -0.2) is 5.78 Å². The highest BCUT2D eigenvalue weighted by molar-refractivity contribution is 6.03. The van der Waals surface area contributed by atoms with Gasteiger partial charge in [-0.2, -0.15) is 0 Å². The van der Waals surface area contributed by atoms with Crippen molar-refractivity contribution in [2.45, 2.75) is 27.2 Å². The molecule has 0 bridgehead atoms. The van der Waals surface area contributed by atoms with Crippen LogP contribution in [0.3, 0.4) is 0 Å². The summed E-state index contributed by atoms with van der Waals surface area (Å²) < 4.78 is 5.48. The normalized spacial score (nSPS) is 27.7. The van der Waals surface area contributed by atoms with E-state index in [2.05, 4.69) is 13.2 Å². The molecule has 0 spiro atoms. The Balaban J connectivity index is 2.62. The molecule has 0 unspecified atom stereocenters. The van der Waals surface area contributed by atoms with Gasteiger partial charge in [-0.15, -0.1) is 6.58 Å². The third kappa shape index (κ3) is 1.59. The van der Waals surface area contributed by atoms with Gasteiger partial charge in [0.15, 0.2) is 5.78 Å². The molecule has 2 nitrogen and oxygen atoms in total. The number of rotatable bonds is 2. The lowest BCUT2D eigenvalue weighted by atomic mass is 9.64. The van der Waals surface area contributed by atoms with E-state index in [0.29, 0.717) is 6.42 Å². The first-order valence-electron chi connectivity index (χ1n) is 5.81. The number of furan rings is 1. The molecule has 1 heterocycles. The summed E-state index contributed by atoms with van der Waals surface area (Å²) >= 11 is 0. The van der Waals surface area contributed by atoms with Crippen LogP contribution < -0.4 is 0 Å². The fourth-order valence-electron chi connectivity index (χ4n) is 2.83. The van der Waals surface area contributed by atoms with E-state index in [9.17, 15) is 4.79 Å². The van der Waals surface area contributed by atoms with Gasteiger partial charge in [-0.25, -0.2) is 0 Å². The van der Waals surface area contributed by atoms with Crippen molar-refractivity contribution in [2.24, 2.45) is 11.3 Å². The first-order chi connectivity index (χ1) is 7.90. The smallest absolute Gasteiger partial charge is 0.174 e. The Morgan fingerprint density at radius 1 is 1.65 bits per heavy atom. The van der Waals surface area contributed by atoms with Crippen molar-refractivity contribution >= 4 is 5.78 Å². The predicted octanol–water partition coefficient (Wildman–Crippen LogP) is 3.71. The minimum atomic E-state index is -0.291. The van der Waals surface area contributed by atoms with Crippen LogP contribution in [0.5, 0.6) is 0 Å². The van der Waals surface area contributed by atoms with Crippen molar-refractivity contribution in [3.8, 4) is 0 Å². The summed E-state index contributed by atoms with van der Waals surface area (Å²) in [5.74, 6) is 0.712. The fourth-order valence-corrected chi connectivity index (χ4v) is 2.83. The molecule has 17 heavy (non-hydrogen) atoms. The van der Waals surface area contributed by atoms with Crippen LogP contribution in [0.25, 0.3) is 0 Å². The number of ketones is 1. The topological polar surface area (TPSA) is 30.2 Å². The maximum Gasteiger partial charge on any atom is 0.174 e. The molecule has 0 aromatic carbocycles. The zero-order valence-electron chi connectivity index (χ0n) is 10.7. The molecule has 1 aromatic heterocycles. The quantitative estimate of drug-likeness (QED) is 0.725. The van der Waals surface area contributed by atoms with Crippen molar-refractivity contribution in [1.82, 2.24) is 0 Å². The van der Waals surface area contributed by atoms with Gasteiger partial charge in [-0.1, -0.05) is 25.2 Å². The van der Waals surface area contributed by atoms with Crippen LogP contribution in [0.2, 0.25) is 0 Å². The monoisotopic (exact) mass is 230 g/mol. The van der Waals surface area contributed by atoms with Crippen LogP contribution >= 0.6 is 0 Å². The Morgan fingerprint density at radius 3 is 2.82 bits per heavy atom. The summed E-state index contributed by atoms with van der Waals surface area (Å²) in [6.07, 6.45) is 4.22. The summed E-state index contributed by atoms with van der Waals surface area (Å²) in [5.41, 5.74) is 2.27.